The number of hydrogen-bond acceptors (Lipinski definition) is 5. The number of pyridine rings is 3. The predicted octanol–water partition coefficient (Wildman–Crippen LogP) is 16.3. The molecule has 4 heterocycles. The van der Waals surface area contributed by atoms with Crippen LogP contribution in [-0.4, -0.2) is 19.9 Å². The first-order valence-corrected chi connectivity index (χ1v) is 22.5. The maximum Gasteiger partial charge on any atom is 0.228 e. The maximum atomic E-state index is 6.47. The summed E-state index contributed by atoms with van der Waals surface area (Å²) in [6.45, 7) is 0. The van der Waals surface area contributed by atoms with E-state index in [1.807, 2.05) is 12.1 Å². The van der Waals surface area contributed by atoms with Crippen LogP contribution in [0.2, 0.25) is 0 Å². The molecule has 0 atom stereocenters. The van der Waals surface area contributed by atoms with Gasteiger partial charge >= 0.3 is 0 Å². The van der Waals surface area contributed by atoms with Gasteiger partial charge in [-0.05, 0) is 144 Å². The standard InChI is InChI=1S/C62H38N4O/c1-5-14-43-28-47(23-19-39(43)10-1)56-35-53(36-57(64-56)48-24-20-40-11-2-6-15-44(40)29-48)51-32-52(34-55(33-51)62-66-61-60(67-62)18-9-27-63-61)54-37-58(49-25-21-41-12-3-7-16-45(41)30-49)65-59(38-54)50-26-22-42-13-4-8-17-46(42)31-50/h1-38H. The zero-order chi connectivity index (χ0) is 44.3. The zero-order valence-electron chi connectivity index (χ0n) is 36.1. The van der Waals surface area contributed by atoms with E-state index in [0.29, 0.717) is 17.1 Å². The minimum atomic E-state index is 0.494. The Morgan fingerprint density at radius 1 is 0.254 bits per heavy atom. The van der Waals surface area contributed by atoms with Crippen LogP contribution in [0.15, 0.2) is 235 Å². The molecule has 0 radical (unpaired) electrons. The molecular formula is C62H38N4O. The third-order valence-electron chi connectivity index (χ3n) is 12.8. The van der Waals surface area contributed by atoms with Gasteiger partial charge in [-0.25, -0.2) is 15.0 Å². The van der Waals surface area contributed by atoms with E-state index in [1.54, 1.807) is 6.20 Å². The molecule has 312 valence electrons. The lowest BCUT2D eigenvalue weighted by atomic mass is 9.92. The Morgan fingerprint density at radius 2 is 0.597 bits per heavy atom. The van der Waals surface area contributed by atoms with Crippen LogP contribution >= 0.6 is 0 Å². The van der Waals surface area contributed by atoms with Crippen LogP contribution < -0.4 is 0 Å². The first-order chi connectivity index (χ1) is 33.1. The van der Waals surface area contributed by atoms with Crippen molar-refractivity contribution < 1.29 is 4.42 Å². The van der Waals surface area contributed by atoms with Crippen molar-refractivity contribution in [1.82, 2.24) is 19.9 Å². The molecule has 67 heavy (non-hydrogen) atoms. The van der Waals surface area contributed by atoms with Gasteiger partial charge in [-0.3, -0.25) is 0 Å². The average molecular weight is 855 g/mol. The van der Waals surface area contributed by atoms with E-state index in [4.69, 9.17) is 19.4 Å². The van der Waals surface area contributed by atoms with Crippen molar-refractivity contribution >= 4 is 54.3 Å². The summed E-state index contributed by atoms with van der Waals surface area (Å²) in [6, 6.07) is 79.4. The van der Waals surface area contributed by atoms with E-state index >= 15 is 0 Å². The van der Waals surface area contributed by atoms with Gasteiger partial charge in [0.25, 0.3) is 0 Å². The molecule has 0 saturated carbocycles. The van der Waals surface area contributed by atoms with Crippen LogP contribution in [-0.2, 0) is 0 Å². The molecule has 0 fully saturated rings. The molecule has 5 nitrogen and oxygen atoms in total. The SMILES string of the molecule is c1ccc2cc(-c3cc(-c4cc(-c5cc(-c6ccc7ccccc7c6)nc(-c6ccc7ccccc7c6)c5)cc(-c5nc6ncccc6o5)c4)cc(-c4ccc5ccccc5c4)n3)ccc2c1. The minimum Gasteiger partial charge on any atom is -0.434 e. The Hall–Kier alpha value is -9.06. The summed E-state index contributed by atoms with van der Waals surface area (Å²) in [7, 11) is 0. The second-order valence-electron chi connectivity index (χ2n) is 17.1. The Bertz CT molecular complexity index is 3620. The van der Waals surface area contributed by atoms with Gasteiger partial charge in [0.05, 0.1) is 22.8 Å². The fraction of sp³-hybridized carbons (Fsp3) is 0. The van der Waals surface area contributed by atoms with E-state index < -0.39 is 0 Å². The van der Waals surface area contributed by atoms with Crippen molar-refractivity contribution in [1.29, 1.82) is 0 Å². The van der Waals surface area contributed by atoms with E-state index in [2.05, 4.69) is 217 Å². The molecule has 5 heteroatoms. The van der Waals surface area contributed by atoms with Gasteiger partial charge in [0.2, 0.25) is 5.89 Å². The lowest BCUT2D eigenvalue weighted by Crippen LogP contribution is -1.94. The zero-order valence-corrected chi connectivity index (χ0v) is 36.1. The summed E-state index contributed by atoms with van der Waals surface area (Å²) in [4.78, 5) is 20.2. The summed E-state index contributed by atoms with van der Waals surface area (Å²) >= 11 is 0. The molecule has 0 unspecified atom stereocenters. The predicted molar refractivity (Wildman–Crippen MR) is 275 cm³/mol. The molecule has 9 aromatic carbocycles. The van der Waals surface area contributed by atoms with Gasteiger partial charge < -0.3 is 4.42 Å². The molecular weight excluding hydrogens is 817 g/mol. The molecule has 0 N–H and O–H groups in total. The quantitative estimate of drug-likeness (QED) is 0.160. The highest BCUT2D eigenvalue weighted by molar-refractivity contribution is 5.93. The second-order valence-corrected chi connectivity index (χ2v) is 17.1. The second kappa shape index (κ2) is 15.9. The Labute approximate surface area is 386 Å². The van der Waals surface area contributed by atoms with Crippen molar-refractivity contribution in [3.8, 4) is 78.7 Å². The average Bonchev–Trinajstić information content (AvgIpc) is 3.85. The van der Waals surface area contributed by atoms with Crippen molar-refractivity contribution in [2.24, 2.45) is 0 Å². The van der Waals surface area contributed by atoms with Gasteiger partial charge in [-0.2, -0.15) is 4.98 Å². The van der Waals surface area contributed by atoms with Gasteiger partial charge in [-0.1, -0.05) is 146 Å². The number of benzene rings is 9. The van der Waals surface area contributed by atoms with E-state index in [1.165, 1.54) is 21.5 Å². The first-order valence-electron chi connectivity index (χ1n) is 22.5. The molecule has 13 rings (SSSR count). The minimum absolute atomic E-state index is 0.494. The molecule has 0 aliphatic heterocycles. The maximum absolute atomic E-state index is 6.47. The van der Waals surface area contributed by atoms with Crippen molar-refractivity contribution in [3.63, 3.8) is 0 Å². The lowest BCUT2D eigenvalue weighted by Gasteiger charge is -2.15. The molecule has 4 aromatic heterocycles. The summed E-state index contributed by atoms with van der Waals surface area (Å²) in [6.07, 6.45) is 1.75. The molecule has 0 bridgehead atoms. The van der Waals surface area contributed by atoms with Crippen LogP contribution in [0.4, 0.5) is 0 Å². The molecule has 13 aromatic rings. The highest BCUT2D eigenvalue weighted by Gasteiger charge is 2.18. The summed E-state index contributed by atoms with van der Waals surface area (Å²) < 4.78 is 6.47. The number of oxazole rings is 1. The highest BCUT2D eigenvalue weighted by Crippen LogP contribution is 2.40. The van der Waals surface area contributed by atoms with E-state index in [-0.39, 0.29) is 0 Å². The number of rotatable bonds is 7. The van der Waals surface area contributed by atoms with Crippen LogP contribution in [0, 0.1) is 0 Å². The smallest absolute Gasteiger partial charge is 0.228 e. The topological polar surface area (TPSA) is 64.7 Å². The number of nitrogens with zero attached hydrogens (tertiary/aromatic N) is 4. The number of hydrogen-bond donors (Lipinski definition) is 0. The number of fused-ring (bicyclic) bond motifs is 5. The van der Waals surface area contributed by atoms with Crippen LogP contribution in [0.1, 0.15) is 0 Å². The van der Waals surface area contributed by atoms with E-state index in [0.717, 1.165) is 94.4 Å². The molecule has 0 amide bonds. The van der Waals surface area contributed by atoms with E-state index in [9.17, 15) is 0 Å². The normalized spacial score (nSPS) is 11.6. The van der Waals surface area contributed by atoms with Crippen LogP contribution in [0.5, 0.6) is 0 Å². The first kappa shape index (κ1) is 38.4. The third-order valence-corrected chi connectivity index (χ3v) is 12.8. The monoisotopic (exact) mass is 854 g/mol. The summed E-state index contributed by atoms with van der Waals surface area (Å²) in [5, 5.41) is 9.39. The molecule has 0 aliphatic rings. The Kier molecular flexibility index (Phi) is 9.10. The molecule has 0 saturated heterocycles. The van der Waals surface area contributed by atoms with Crippen molar-refractivity contribution in [3.05, 3.63) is 231 Å². The van der Waals surface area contributed by atoms with Gasteiger partial charge in [0.1, 0.15) is 0 Å². The van der Waals surface area contributed by atoms with Crippen molar-refractivity contribution in [2.45, 2.75) is 0 Å². The third kappa shape index (κ3) is 7.25. The Morgan fingerprint density at radius 3 is 0.970 bits per heavy atom. The molecule has 0 aliphatic carbocycles. The van der Waals surface area contributed by atoms with Crippen LogP contribution in [0.3, 0.4) is 0 Å². The van der Waals surface area contributed by atoms with Gasteiger partial charge in [0, 0.05) is 34.0 Å². The van der Waals surface area contributed by atoms with Gasteiger partial charge in [0.15, 0.2) is 11.2 Å². The summed E-state index contributed by atoms with van der Waals surface area (Å²) in [5.74, 6) is 0.494. The fourth-order valence-electron chi connectivity index (χ4n) is 9.36. The fourth-order valence-corrected chi connectivity index (χ4v) is 9.36. The largest absolute Gasteiger partial charge is 0.434 e. The summed E-state index contributed by atoms with van der Waals surface area (Å²) in [5.41, 5.74) is 13.7. The van der Waals surface area contributed by atoms with Crippen LogP contribution in [0.25, 0.3) is 133 Å². The van der Waals surface area contributed by atoms with Gasteiger partial charge in [-0.15, -0.1) is 0 Å². The van der Waals surface area contributed by atoms with Crippen molar-refractivity contribution in [2.75, 3.05) is 0 Å². The highest BCUT2D eigenvalue weighted by atomic mass is 16.3. The molecule has 0 spiro atoms. The lowest BCUT2D eigenvalue weighted by molar-refractivity contribution is 0.620. The Balaban J connectivity index is 1.05. The number of aromatic nitrogens is 4.